The monoisotopic (exact) mass is 351 g/mol. The van der Waals surface area contributed by atoms with Gasteiger partial charge in [-0.2, -0.15) is 0 Å². The summed E-state index contributed by atoms with van der Waals surface area (Å²) in [6.45, 7) is 1.47. The van der Waals surface area contributed by atoms with Crippen molar-refractivity contribution in [3.8, 4) is 0 Å². The average Bonchev–Trinajstić information content (AvgIpc) is 2.47. The molecule has 0 radical (unpaired) electrons. The summed E-state index contributed by atoms with van der Waals surface area (Å²) >= 11 is 3.66. The van der Waals surface area contributed by atoms with Gasteiger partial charge in [-0.05, 0) is 61.6 Å². The quantitative estimate of drug-likeness (QED) is 0.837. The standard InChI is InChI=1S/C18H26BrNO/c19-18-8-4-3-7-17(18)15-9-16(10-15)20-11-13-5-1-2-6-14(13)12-21/h3-4,7-8,13-16,20-21H,1-2,5-6,9-12H2. The van der Waals surface area contributed by atoms with Crippen molar-refractivity contribution in [3.63, 3.8) is 0 Å². The summed E-state index contributed by atoms with van der Waals surface area (Å²) in [6, 6.07) is 9.27. The van der Waals surface area contributed by atoms with Gasteiger partial charge in [0.15, 0.2) is 0 Å². The van der Waals surface area contributed by atoms with Crippen molar-refractivity contribution in [2.45, 2.75) is 50.5 Å². The summed E-state index contributed by atoms with van der Waals surface area (Å²) in [5, 5.41) is 13.2. The lowest BCUT2D eigenvalue weighted by Crippen LogP contribution is -2.44. The van der Waals surface area contributed by atoms with Gasteiger partial charge < -0.3 is 10.4 Å². The Morgan fingerprint density at radius 1 is 1.10 bits per heavy atom. The highest BCUT2D eigenvalue weighted by atomic mass is 79.9. The molecule has 2 aliphatic rings. The number of halogens is 1. The van der Waals surface area contributed by atoms with Crippen molar-refractivity contribution in [2.75, 3.05) is 13.2 Å². The Morgan fingerprint density at radius 3 is 2.52 bits per heavy atom. The first-order chi connectivity index (χ1) is 10.3. The highest BCUT2D eigenvalue weighted by molar-refractivity contribution is 9.10. The van der Waals surface area contributed by atoms with Crippen LogP contribution in [0.15, 0.2) is 28.7 Å². The molecule has 2 fully saturated rings. The summed E-state index contributed by atoms with van der Waals surface area (Å²) in [7, 11) is 0. The van der Waals surface area contributed by atoms with Gasteiger partial charge in [-0.25, -0.2) is 0 Å². The van der Waals surface area contributed by atoms with Crippen LogP contribution in [-0.2, 0) is 0 Å². The second kappa shape index (κ2) is 7.26. The number of hydrogen-bond donors (Lipinski definition) is 2. The van der Waals surface area contributed by atoms with Crippen molar-refractivity contribution < 1.29 is 5.11 Å². The average molecular weight is 352 g/mol. The lowest BCUT2D eigenvalue weighted by molar-refractivity contribution is 0.126. The number of hydrogen-bond acceptors (Lipinski definition) is 2. The van der Waals surface area contributed by atoms with Gasteiger partial charge in [-0.1, -0.05) is 47.0 Å². The van der Waals surface area contributed by atoms with E-state index >= 15 is 0 Å². The van der Waals surface area contributed by atoms with E-state index in [0.717, 1.165) is 6.54 Å². The molecule has 2 nitrogen and oxygen atoms in total. The summed E-state index contributed by atoms with van der Waals surface area (Å²) in [6.07, 6.45) is 7.65. The van der Waals surface area contributed by atoms with Crippen molar-refractivity contribution >= 4 is 15.9 Å². The molecule has 0 spiro atoms. The summed E-state index contributed by atoms with van der Waals surface area (Å²) in [4.78, 5) is 0. The first-order valence-corrected chi connectivity index (χ1v) is 9.16. The minimum atomic E-state index is 0.372. The van der Waals surface area contributed by atoms with Crippen LogP contribution in [0.1, 0.15) is 50.0 Å². The number of aliphatic hydroxyl groups is 1. The van der Waals surface area contributed by atoms with E-state index in [2.05, 4.69) is 45.5 Å². The van der Waals surface area contributed by atoms with Gasteiger partial charge in [0, 0.05) is 17.1 Å². The normalized spacial score (nSPS) is 32.7. The molecular formula is C18H26BrNO. The molecular weight excluding hydrogens is 326 g/mol. The predicted molar refractivity (Wildman–Crippen MR) is 90.4 cm³/mol. The van der Waals surface area contributed by atoms with E-state index in [1.807, 2.05) is 0 Å². The van der Waals surface area contributed by atoms with E-state index in [1.54, 1.807) is 0 Å². The zero-order chi connectivity index (χ0) is 14.7. The Balaban J connectivity index is 1.44. The molecule has 0 aromatic heterocycles. The van der Waals surface area contributed by atoms with Crippen LogP contribution in [0.25, 0.3) is 0 Å². The molecule has 3 rings (SSSR count). The van der Waals surface area contributed by atoms with Crippen molar-refractivity contribution in [2.24, 2.45) is 11.8 Å². The van der Waals surface area contributed by atoms with Gasteiger partial charge in [-0.15, -0.1) is 0 Å². The van der Waals surface area contributed by atoms with Gasteiger partial charge in [0.05, 0.1) is 0 Å². The predicted octanol–water partition coefficient (Wildman–Crippen LogP) is 4.08. The van der Waals surface area contributed by atoms with E-state index in [9.17, 15) is 5.11 Å². The van der Waals surface area contributed by atoms with Crippen molar-refractivity contribution in [1.29, 1.82) is 0 Å². The Hall–Kier alpha value is -0.380. The van der Waals surface area contributed by atoms with Crippen LogP contribution in [0.2, 0.25) is 0 Å². The van der Waals surface area contributed by atoms with Gasteiger partial charge >= 0.3 is 0 Å². The number of nitrogens with one attached hydrogen (secondary N) is 1. The fraction of sp³-hybridized carbons (Fsp3) is 0.667. The maximum Gasteiger partial charge on any atom is 0.0462 e. The third-order valence-corrected chi connectivity index (χ3v) is 6.18. The second-order valence-electron chi connectivity index (χ2n) is 6.78. The van der Waals surface area contributed by atoms with Crippen LogP contribution < -0.4 is 5.32 Å². The zero-order valence-corrected chi connectivity index (χ0v) is 14.2. The van der Waals surface area contributed by atoms with E-state index in [0.29, 0.717) is 30.4 Å². The first kappa shape index (κ1) is 15.5. The zero-order valence-electron chi connectivity index (χ0n) is 12.6. The summed E-state index contributed by atoms with van der Waals surface area (Å²) in [5.41, 5.74) is 1.46. The third-order valence-electron chi connectivity index (χ3n) is 5.45. The SMILES string of the molecule is OCC1CCCCC1CNC1CC(c2ccccc2Br)C1. The molecule has 0 bridgehead atoms. The van der Waals surface area contributed by atoms with Crippen LogP contribution in [0, 0.1) is 11.8 Å². The van der Waals surface area contributed by atoms with Gasteiger partial charge in [-0.3, -0.25) is 0 Å². The Labute approximate surface area is 136 Å². The van der Waals surface area contributed by atoms with E-state index in [1.165, 1.54) is 48.6 Å². The number of benzene rings is 1. The molecule has 2 unspecified atom stereocenters. The largest absolute Gasteiger partial charge is 0.396 e. The number of rotatable bonds is 5. The Bertz CT molecular complexity index is 458. The van der Waals surface area contributed by atoms with Gasteiger partial charge in [0.1, 0.15) is 0 Å². The minimum Gasteiger partial charge on any atom is -0.396 e. The molecule has 1 aromatic rings. The maximum absolute atomic E-state index is 9.49. The lowest BCUT2D eigenvalue weighted by Gasteiger charge is -2.39. The van der Waals surface area contributed by atoms with Crippen molar-refractivity contribution in [1.82, 2.24) is 5.32 Å². The number of aliphatic hydroxyl groups excluding tert-OH is 1. The summed E-state index contributed by atoms with van der Waals surface area (Å²) in [5.74, 6) is 1.93. The fourth-order valence-electron chi connectivity index (χ4n) is 3.96. The second-order valence-corrected chi connectivity index (χ2v) is 7.64. The third kappa shape index (κ3) is 3.69. The Kier molecular flexibility index (Phi) is 5.36. The highest BCUT2D eigenvalue weighted by Gasteiger charge is 2.32. The highest BCUT2D eigenvalue weighted by Crippen LogP contribution is 2.40. The minimum absolute atomic E-state index is 0.372. The van der Waals surface area contributed by atoms with Crippen LogP contribution in [0.3, 0.4) is 0 Å². The van der Waals surface area contributed by atoms with Crippen LogP contribution in [0.4, 0.5) is 0 Å². The molecule has 3 heteroatoms. The molecule has 0 saturated heterocycles. The molecule has 2 saturated carbocycles. The lowest BCUT2D eigenvalue weighted by atomic mass is 9.75. The van der Waals surface area contributed by atoms with Gasteiger partial charge in [0.25, 0.3) is 0 Å². The van der Waals surface area contributed by atoms with E-state index in [4.69, 9.17) is 0 Å². The molecule has 1 aromatic carbocycles. The first-order valence-electron chi connectivity index (χ1n) is 8.36. The molecule has 116 valence electrons. The van der Waals surface area contributed by atoms with E-state index < -0.39 is 0 Å². The van der Waals surface area contributed by atoms with Crippen LogP contribution >= 0.6 is 15.9 Å². The summed E-state index contributed by atoms with van der Waals surface area (Å²) < 4.78 is 1.25. The fourth-order valence-corrected chi connectivity index (χ4v) is 4.56. The van der Waals surface area contributed by atoms with Gasteiger partial charge in [0.2, 0.25) is 0 Å². The molecule has 2 N–H and O–H groups in total. The molecule has 0 amide bonds. The smallest absolute Gasteiger partial charge is 0.0462 e. The molecule has 2 atom stereocenters. The van der Waals surface area contributed by atoms with Crippen LogP contribution in [0.5, 0.6) is 0 Å². The Morgan fingerprint density at radius 2 is 1.81 bits per heavy atom. The topological polar surface area (TPSA) is 32.3 Å². The molecule has 0 heterocycles. The molecule has 0 aliphatic heterocycles. The van der Waals surface area contributed by atoms with E-state index in [-0.39, 0.29) is 0 Å². The van der Waals surface area contributed by atoms with Crippen molar-refractivity contribution in [3.05, 3.63) is 34.3 Å². The molecule has 21 heavy (non-hydrogen) atoms. The molecule has 2 aliphatic carbocycles. The van der Waals surface area contributed by atoms with Crippen LogP contribution in [-0.4, -0.2) is 24.3 Å². The maximum atomic E-state index is 9.49.